The topological polar surface area (TPSA) is 93.2 Å². The van der Waals surface area contributed by atoms with Crippen LogP contribution < -0.4 is 16.6 Å². The summed E-state index contributed by atoms with van der Waals surface area (Å²) in [5.41, 5.74) is 2.35. The number of benzene rings is 1. The van der Waals surface area contributed by atoms with Crippen molar-refractivity contribution < 1.29 is 9.53 Å². The predicted molar refractivity (Wildman–Crippen MR) is 96.3 cm³/mol. The van der Waals surface area contributed by atoms with E-state index in [1.807, 2.05) is 24.3 Å². The molecule has 0 spiro atoms. The maximum atomic E-state index is 12.6. The zero-order valence-corrected chi connectivity index (χ0v) is 14.8. The number of fused-ring (bicyclic) bond motifs is 1. The maximum Gasteiger partial charge on any atom is 0.337 e. The Morgan fingerprint density at radius 1 is 1.15 bits per heavy atom. The van der Waals surface area contributed by atoms with E-state index >= 15 is 0 Å². The molecule has 7 nitrogen and oxygen atoms in total. The van der Waals surface area contributed by atoms with Gasteiger partial charge >= 0.3 is 11.7 Å². The van der Waals surface area contributed by atoms with Gasteiger partial charge in [-0.15, -0.1) is 0 Å². The van der Waals surface area contributed by atoms with E-state index in [9.17, 15) is 14.4 Å². The van der Waals surface area contributed by atoms with Crippen molar-refractivity contribution in [1.82, 2.24) is 9.55 Å². The molecule has 0 fully saturated rings. The quantitative estimate of drug-likeness (QED) is 0.800. The average Bonchev–Trinajstić information content (AvgIpc) is 2.99. The number of cyclic esters (lactones) is 1. The van der Waals surface area contributed by atoms with Crippen LogP contribution in [-0.2, 0) is 16.6 Å². The third-order valence-corrected chi connectivity index (χ3v) is 5.04. The lowest BCUT2D eigenvalue weighted by molar-refractivity contribution is -0.136. The van der Waals surface area contributed by atoms with Crippen molar-refractivity contribution >= 4 is 11.8 Å². The zero-order valence-electron chi connectivity index (χ0n) is 14.8. The highest BCUT2D eigenvalue weighted by atomic mass is 16.5. The Morgan fingerprint density at radius 3 is 2.50 bits per heavy atom. The van der Waals surface area contributed by atoms with Crippen LogP contribution in [0.3, 0.4) is 0 Å². The SMILES string of the molecule is CC(C)c1ccc([C@H]2C3=C(COC3=O)Nc3c2c(=O)[nH]c(=O)n3C)cc1. The molecule has 0 saturated heterocycles. The Balaban J connectivity index is 1.97. The summed E-state index contributed by atoms with van der Waals surface area (Å²) in [6, 6.07) is 7.85. The molecular weight excluding hydrogens is 334 g/mol. The lowest BCUT2D eigenvalue weighted by atomic mass is 9.82. The van der Waals surface area contributed by atoms with Gasteiger partial charge in [-0.2, -0.15) is 0 Å². The standard InChI is InChI=1S/C19H19N3O4/c1-9(2)10-4-6-11(7-5-10)13-14-12(8-26-18(14)24)20-16-15(13)17(23)21-19(25)22(16)3/h4-7,9,13,20H,8H2,1-3H3,(H,21,23,25)/t13-/m0/s1. The van der Waals surface area contributed by atoms with Crippen molar-refractivity contribution in [3.8, 4) is 0 Å². The maximum absolute atomic E-state index is 12.6. The highest BCUT2D eigenvalue weighted by Crippen LogP contribution is 2.42. The highest BCUT2D eigenvalue weighted by Gasteiger charge is 2.41. The Bertz CT molecular complexity index is 1060. The number of aromatic amines is 1. The molecule has 1 aromatic heterocycles. The van der Waals surface area contributed by atoms with Crippen LogP contribution in [0.4, 0.5) is 5.82 Å². The second kappa shape index (κ2) is 5.72. The molecule has 2 N–H and O–H groups in total. The summed E-state index contributed by atoms with van der Waals surface area (Å²) in [5.74, 6) is -0.245. The first-order chi connectivity index (χ1) is 12.4. The second-order valence-corrected chi connectivity index (χ2v) is 6.93. The summed E-state index contributed by atoms with van der Waals surface area (Å²) in [5, 5.41) is 3.05. The third-order valence-electron chi connectivity index (χ3n) is 5.04. The van der Waals surface area contributed by atoms with E-state index in [2.05, 4.69) is 24.1 Å². The predicted octanol–water partition coefficient (Wildman–Crippen LogP) is 1.57. The molecule has 0 aliphatic carbocycles. The number of rotatable bonds is 2. The van der Waals surface area contributed by atoms with E-state index in [0.717, 1.165) is 5.56 Å². The van der Waals surface area contributed by atoms with Crippen LogP contribution >= 0.6 is 0 Å². The summed E-state index contributed by atoms with van der Waals surface area (Å²) < 4.78 is 6.53. The molecule has 26 heavy (non-hydrogen) atoms. The molecule has 0 radical (unpaired) electrons. The van der Waals surface area contributed by atoms with Crippen LogP contribution in [0.1, 0.15) is 42.4 Å². The van der Waals surface area contributed by atoms with Gasteiger partial charge in [0.05, 0.1) is 22.8 Å². The normalized spacial score (nSPS) is 18.5. The molecule has 0 bridgehead atoms. The van der Waals surface area contributed by atoms with E-state index < -0.39 is 23.1 Å². The lowest BCUT2D eigenvalue weighted by Gasteiger charge is -2.27. The van der Waals surface area contributed by atoms with Crippen LogP contribution in [0.25, 0.3) is 0 Å². The molecule has 0 saturated carbocycles. The Morgan fingerprint density at radius 2 is 1.85 bits per heavy atom. The summed E-state index contributed by atoms with van der Waals surface area (Å²) in [6.07, 6.45) is 0. The first-order valence-corrected chi connectivity index (χ1v) is 8.48. The molecule has 2 aliphatic rings. The van der Waals surface area contributed by atoms with Crippen molar-refractivity contribution in [2.24, 2.45) is 7.05 Å². The van der Waals surface area contributed by atoms with Gasteiger partial charge in [0.1, 0.15) is 12.4 Å². The van der Waals surface area contributed by atoms with Crippen molar-refractivity contribution in [2.45, 2.75) is 25.7 Å². The molecule has 0 amide bonds. The summed E-state index contributed by atoms with van der Waals surface area (Å²) in [6.45, 7) is 4.31. The average molecular weight is 353 g/mol. The molecule has 4 rings (SSSR count). The molecule has 134 valence electrons. The lowest BCUT2D eigenvalue weighted by Crippen LogP contribution is -2.37. The number of esters is 1. The van der Waals surface area contributed by atoms with E-state index in [0.29, 0.717) is 28.6 Å². The van der Waals surface area contributed by atoms with E-state index in [-0.39, 0.29) is 6.61 Å². The number of aromatic nitrogens is 2. The van der Waals surface area contributed by atoms with Crippen LogP contribution in [0.15, 0.2) is 45.1 Å². The van der Waals surface area contributed by atoms with Gasteiger partial charge in [0.2, 0.25) is 0 Å². The second-order valence-electron chi connectivity index (χ2n) is 6.93. The number of nitrogens with one attached hydrogen (secondary N) is 2. The van der Waals surface area contributed by atoms with E-state index in [1.165, 1.54) is 10.1 Å². The summed E-state index contributed by atoms with van der Waals surface area (Å²) in [7, 11) is 1.58. The zero-order chi connectivity index (χ0) is 18.6. The number of anilines is 1. The van der Waals surface area contributed by atoms with E-state index in [1.54, 1.807) is 7.05 Å². The van der Waals surface area contributed by atoms with Gasteiger partial charge in [0.25, 0.3) is 5.56 Å². The van der Waals surface area contributed by atoms with Crippen molar-refractivity contribution in [1.29, 1.82) is 0 Å². The van der Waals surface area contributed by atoms with Gasteiger partial charge < -0.3 is 10.1 Å². The number of ether oxygens (including phenoxy) is 1. The third kappa shape index (κ3) is 2.31. The molecule has 1 atom stereocenters. The van der Waals surface area contributed by atoms with Crippen LogP contribution in [0.2, 0.25) is 0 Å². The minimum absolute atomic E-state index is 0.106. The number of hydrogen-bond acceptors (Lipinski definition) is 5. The molecule has 2 aliphatic heterocycles. The molecule has 3 heterocycles. The minimum Gasteiger partial charge on any atom is -0.456 e. The Hall–Kier alpha value is -3.09. The Labute approximate surface area is 149 Å². The van der Waals surface area contributed by atoms with Gasteiger partial charge in [-0.3, -0.25) is 14.3 Å². The first kappa shape index (κ1) is 16.4. The molecule has 0 unspecified atom stereocenters. The fourth-order valence-corrected chi connectivity index (χ4v) is 3.56. The number of nitrogens with zero attached hydrogens (tertiary/aromatic N) is 1. The number of H-pyrrole nitrogens is 1. The largest absolute Gasteiger partial charge is 0.456 e. The molecule has 2 aromatic rings. The monoisotopic (exact) mass is 353 g/mol. The molecule has 7 heteroatoms. The number of carbonyl (C=O) groups is 1. The van der Waals surface area contributed by atoms with Gasteiger partial charge in [0, 0.05) is 7.05 Å². The molecular formula is C19H19N3O4. The van der Waals surface area contributed by atoms with Gasteiger partial charge in [0.15, 0.2) is 0 Å². The fourth-order valence-electron chi connectivity index (χ4n) is 3.56. The van der Waals surface area contributed by atoms with E-state index in [4.69, 9.17) is 4.74 Å². The van der Waals surface area contributed by atoms with Crippen molar-refractivity contribution in [3.63, 3.8) is 0 Å². The van der Waals surface area contributed by atoms with Crippen LogP contribution in [-0.4, -0.2) is 22.1 Å². The number of hydrogen-bond donors (Lipinski definition) is 2. The molecule has 1 aromatic carbocycles. The van der Waals surface area contributed by atoms with Gasteiger partial charge in [-0.1, -0.05) is 38.1 Å². The Kier molecular flexibility index (Phi) is 3.61. The van der Waals surface area contributed by atoms with Crippen LogP contribution in [0, 0.1) is 0 Å². The van der Waals surface area contributed by atoms with Crippen molar-refractivity contribution in [2.75, 3.05) is 11.9 Å². The van der Waals surface area contributed by atoms with Crippen LogP contribution in [0.5, 0.6) is 0 Å². The summed E-state index contributed by atoms with van der Waals surface area (Å²) >= 11 is 0. The highest BCUT2D eigenvalue weighted by molar-refractivity contribution is 5.96. The first-order valence-electron chi connectivity index (χ1n) is 8.48. The smallest absolute Gasteiger partial charge is 0.337 e. The van der Waals surface area contributed by atoms with Crippen molar-refractivity contribution in [3.05, 3.63) is 73.1 Å². The van der Waals surface area contributed by atoms with Gasteiger partial charge in [-0.25, -0.2) is 9.59 Å². The summed E-state index contributed by atoms with van der Waals surface area (Å²) in [4.78, 5) is 39.3. The van der Waals surface area contributed by atoms with Gasteiger partial charge in [-0.05, 0) is 17.0 Å². The minimum atomic E-state index is -0.576. The fraction of sp³-hybridized carbons (Fsp3) is 0.316. The number of carbonyl (C=O) groups excluding carboxylic acids is 1.